The number of rotatable bonds is 7. The molecule has 0 radical (unpaired) electrons. The van der Waals surface area contributed by atoms with Gasteiger partial charge in [0.25, 0.3) is 0 Å². The van der Waals surface area contributed by atoms with E-state index in [-0.39, 0.29) is 0 Å². The molecule has 0 aliphatic carbocycles. The van der Waals surface area contributed by atoms with Crippen LogP contribution in [0, 0.1) is 12.3 Å². The molecule has 0 aromatic carbocycles. The number of terminal acetylenes is 1. The van der Waals surface area contributed by atoms with Crippen LogP contribution in [0.5, 0.6) is 0 Å². The van der Waals surface area contributed by atoms with Gasteiger partial charge in [0, 0.05) is 32.8 Å². The quantitative estimate of drug-likeness (QED) is 0.527. The summed E-state index contributed by atoms with van der Waals surface area (Å²) >= 11 is 0. The maximum Gasteiger partial charge on any atom is 0.0762 e. The molecule has 0 bridgehead atoms. The van der Waals surface area contributed by atoms with E-state index in [4.69, 9.17) is 11.2 Å². The topological polar surface area (TPSA) is 39.1 Å². The fourth-order valence-electron chi connectivity index (χ4n) is 1.19. The van der Waals surface area contributed by atoms with Crippen LogP contribution >= 0.6 is 0 Å². The van der Waals surface area contributed by atoms with Crippen molar-refractivity contribution >= 4 is 0 Å². The monoisotopic (exact) mass is 207 g/mol. The zero-order chi connectivity index (χ0) is 10.9. The van der Waals surface area contributed by atoms with Crippen LogP contribution in [0.2, 0.25) is 0 Å². The van der Waals surface area contributed by atoms with E-state index in [2.05, 4.69) is 16.3 Å². The molecule has 1 aromatic rings. The maximum absolute atomic E-state index is 5.18. The van der Waals surface area contributed by atoms with Gasteiger partial charge in [-0.3, -0.25) is 4.68 Å². The average molecular weight is 207 g/mol. The van der Waals surface area contributed by atoms with E-state index >= 15 is 0 Å². The minimum absolute atomic E-state index is 0.720. The molecule has 0 aliphatic rings. The molecule has 4 heteroatoms. The highest BCUT2D eigenvalue weighted by Crippen LogP contribution is 1.96. The maximum atomic E-state index is 5.18. The van der Waals surface area contributed by atoms with Crippen LogP contribution < -0.4 is 5.32 Å². The molecule has 1 N–H and O–H groups in total. The van der Waals surface area contributed by atoms with Gasteiger partial charge in [-0.1, -0.05) is 0 Å². The molecule has 0 unspecified atom stereocenters. The third-order valence-corrected chi connectivity index (χ3v) is 1.97. The SMILES string of the molecule is C#CCCn1ccc(CNCCOC)n1. The summed E-state index contributed by atoms with van der Waals surface area (Å²) < 4.78 is 6.80. The van der Waals surface area contributed by atoms with Crippen LogP contribution in [0.25, 0.3) is 0 Å². The second-order valence-electron chi connectivity index (χ2n) is 3.19. The molecule has 4 nitrogen and oxygen atoms in total. The smallest absolute Gasteiger partial charge is 0.0762 e. The predicted molar refractivity (Wildman–Crippen MR) is 59.3 cm³/mol. The van der Waals surface area contributed by atoms with Gasteiger partial charge in [0.1, 0.15) is 0 Å². The second kappa shape index (κ2) is 7.04. The van der Waals surface area contributed by atoms with E-state index in [9.17, 15) is 0 Å². The van der Waals surface area contributed by atoms with Crippen LogP contribution in [-0.4, -0.2) is 30.0 Å². The summed E-state index contributed by atoms with van der Waals surface area (Å²) in [5.74, 6) is 2.59. The van der Waals surface area contributed by atoms with Gasteiger partial charge in [-0.05, 0) is 6.07 Å². The first-order valence-electron chi connectivity index (χ1n) is 5.02. The van der Waals surface area contributed by atoms with E-state index in [1.165, 1.54) is 0 Å². The number of ether oxygens (including phenoxy) is 1. The van der Waals surface area contributed by atoms with Crippen molar-refractivity contribution in [1.29, 1.82) is 0 Å². The van der Waals surface area contributed by atoms with Gasteiger partial charge in [-0.2, -0.15) is 5.10 Å². The van der Waals surface area contributed by atoms with E-state index in [0.717, 1.165) is 38.4 Å². The minimum Gasteiger partial charge on any atom is -0.383 e. The van der Waals surface area contributed by atoms with Gasteiger partial charge in [0.15, 0.2) is 0 Å². The molecule has 0 saturated heterocycles. The van der Waals surface area contributed by atoms with Crippen molar-refractivity contribution in [2.45, 2.75) is 19.5 Å². The minimum atomic E-state index is 0.720. The van der Waals surface area contributed by atoms with E-state index < -0.39 is 0 Å². The summed E-state index contributed by atoms with van der Waals surface area (Å²) in [6, 6.07) is 2.00. The number of methoxy groups -OCH3 is 1. The Morgan fingerprint density at radius 2 is 2.53 bits per heavy atom. The Morgan fingerprint density at radius 1 is 1.67 bits per heavy atom. The summed E-state index contributed by atoms with van der Waals surface area (Å²) in [6.07, 6.45) is 7.85. The Hall–Kier alpha value is -1.31. The molecule has 0 saturated carbocycles. The van der Waals surface area contributed by atoms with Crippen molar-refractivity contribution in [2.24, 2.45) is 0 Å². The highest BCUT2D eigenvalue weighted by Gasteiger charge is 1.97. The first kappa shape index (κ1) is 11.8. The van der Waals surface area contributed by atoms with Gasteiger partial charge in [-0.15, -0.1) is 12.3 Å². The lowest BCUT2D eigenvalue weighted by Crippen LogP contribution is -2.18. The summed E-state index contributed by atoms with van der Waals surface area (Å²) in [5, 5.41) is 7.59. The molecule has 0 fully saturated rings. The van der Waals surface area contributed by atoms with Crippen molar-refractivity contribution in [1.82, 2.24) is 15.1 Å². The van der Waals surface area contributed by atoms with Crippen molar-refractivity contribution in [2.75, 3.05) is 20.3 Å². The standard InChI is InChI=1S/C11H17N3O/c1-3-4-7-14-8-5-11(13-14)10-12-6-9-15-2/h1,5,8,12H,4,6-7,9-10H2,2H3. The molecule has 0 amide bonds. The Bertz CT molecular complexity index is 314. The molecule has 0 atom stereocenters. The summed E-state index contributed by atoms with van der Waals surface area (Å²) in [6.45, 7) is 3.12. The van der Waals surface area contributed by atoms with Gasteiger partial charge < -0.3 is 10.1 Å². The van der Waals surface area contributed by atoms with Crippen LogP contribution in [0.1, 0.15) is 12.1 Å². The fourth-order valence-corrected chi connectivity index (χ4v) is 1.19. The van der Waals surface area contributed by atoms with Crippen LogP contribution in [0.4, 0.5) is 0 Å². The molecule has 1 aromatic heterocycles. The van der Waals surface area contributed by atoms with Crippen molar-refractivity contribution in [3.05, 3.63) is 18.0 Å². The van der Waals surface area contributed by atoms with Crippen molar-refractivity contribution in [3.63, 3.8) is 0 Å². The number of aryl methyl sites for hydroxylation is 1. The molecule has 0 aliphatic heterocycles. The summed E-state index contributed by atoms with van der Waals surface area (Å²) in [5.41, 5.74) is 1.03. The zero-order valence-corrected chi connectivity index (χ0v) is 9.07. The Labute approximate surface area is 90.6 Å². The molecule has 15 heavy (non-hydrogen) atoms. The van der Waals surface area contributed by atoms with E-state index in [1.54, 1.807) is 7.11 Å². The average Bonchev–Trinajstić information content (AvgIpc) is 2.69. The van der Waals surface area contributed by atoms with E-state index in [1.807, 2.05) is 16.9 Å². The third-order valence-electron chi connectivity index (χ3n) is 1.97. The number of nitrogens with zero attached hydrogens (tertiary/aromatic N) is 2. The molecular weight excluding hydrogens is 190 g/mol. The highest BCUT2D eigenvalue weighted by atomic mass is 16.5. The van der Waals surface area contributed by atoms with Gasteiger partial charge in [-0.25, -0.2) is 0 Å². The lowest BCUT2D eigenvalue weighted by Gasteiger charge is -2.01. The van der Waals surface area contributed by atoms with Crippen molar-refractivity contribution in [3.8, 4) is 12.3 Å². The number of hydrogen-bond donors (Lipinski definition) is 1. The van der Waals surface area contributed by atoms with Crippen molar-refractivity contribution < 1.29 is 4.74 Å². The van der Waals surface area contributed by atoms with Crippen LogP contribution in [0.15, 0.2) is 12.3 Å². The summed E-state index contributed by atoms with van der Waals surface area (Å²) in [7, 11) is 1.69. The first-order valence-corrected chi connectivity index (χ1v) is 5.02. The van der Waals surface area contributed by atoms with Crippen LogP contribution in [-0.2, 0) is 17.8 Å². The Balaban J connectivity index is 2.24. The third kappa shape index (κ3) is 4.63. The number of hydrogen-bond acceptors (Lipinski definition) is 3. The largest absolute Gasteiger partial charge is 0.383 e. The van der Waals surface area contributed by atoms with E-state index in [0.29, 0.717) is 0 Å². The molecular formula is C11H17N3O. The lowest BCUT2D eigenvalue weighted by molar-refractivity contribution is 0.199. The molecule has 82 valence electrons. The fraction of sp³-hybridized carbons (Fsp3) is 0.545. The predicted octanol–water partition coefficient (Wildman–Crippen LogP) is 0.642. The molecule has 1 rings (SSSR count). The highest BCUT2D eigenvalue weighted by molar-refractivity contribution is 4.98. The van der Waals surface area contributed by atoms with Gasteiger partial charge in [0.05, 0.1) is 18.8 Å². The molecule has 0 spiro atoms. The first-order chi connectivity index (χ1) is 7.36. The van der Waals surface area contributed by atoms with Gasteiger partial charge in [0.2, 0.25) is 0 Å². The number of aromatic nitrogens is 2. The summed E-state index contributed by atoms with van der Waals surface area (Å²) in [4.78, 5) is 0. The second-order valence-corrected chi connectivity index (χ2v) is 3.19. The van der Waals surface area contributed by atoms with Gasteiger partial charge >= 0.3 is 0 Å². The number of nitrogens with one attached hydrogen (secondary N) is 1. The molecule has 1 heterocycles. The Kier molecular flexibility index (Phi) is 5.52. The zero-order valence-electron chi connectivity index (χ0n) is 9.07. The lowest BCUT2D eigenvalue weighted by atomic mass is 10.4. The Morgan fingerprint density at radius 3 is 3.27 bits per heavy atom. The van der Waals surface area contributed by atoms with Crippen LogP contribution in [0.3, 0.4) is 0 Å². The normalized spacial score (nSPS) is 10.1.